The van der Waals surface area contributed by atoms with Crippen molar-refractivity contribution in [2.75, 3.05) is 19.0 Å². The van der Waals surface area contributed by atoms with Crippen LogP contribution in [0.2, 0.25) is 0 Å². The van der Waals surface area contributed by atoms with E-state index in [4.69, 9.17) is 4.74 Å². The highest BCUT2D eigenvalue weighted by atomic mass is 79.9. The highest BCUT2D eigenvalue weighted by Crippen LogP contribution is 2.15. The second-order valence-corrected chi connectivity index (χ2v) is 4.93. The SMILES string of the molecule is COc1cccc(C(=O)CNc2ccc(Br)cc2)c1. The number of carbonyl (C=O) groups excluding carboxylic acids is 1. The van der Waals surface area contributed by atoms with Gasteiger partial charge in [0.15, 0.2) is 5.78 Å². The highest BCUT2D eigenvalue weighted by Gasteiger charge is 2.06. The van der Waals surface area contributed by atoms with Gasteiger partial charge in [0.1, 0.15) is 5.75 Å². The molecule has 98 valence electrons. The quantitative estimate of drug-likeness (QED) is 0.853. The number of hydrogen-bond acceptors (Lipinski definition) is 3. The van der Waals surface area contributed by atoms with E-state index in [1.807, 2.05) is 36.4 Å². The number of Topliss-reactive ketones (excluding diaryl/α,β-unsaturated/α-hetero) is 1. The van der Waals surface area contributed by atoms with Gasteiger partial charge in [-0.1, -0.05) is 28.1 Å². The fourth-order valence-electron chi connectivity index (χ4n) is 1.65. The number of hydrogen-bond donors (Lipinski definition) is 1. The van der Waals surface area contributed by atoms with Crippen molar-refractivity contribution in [3.8, 4) is 5.75 Å². The predicted molar refractivity (Wildman–Crippen MR) is 80.0 cm³/mol. The van der Waals surface area contributed by atoms with Gasteiger partial charge in [0.25, 0.3) is 0 Å². The number of carbonyl (C=O) groups is 1. The normalized spacial score (nSPS) is 10.0. The Hall–Kier alpha value is -1.81. The molecule has 3 nitrogen and oxygen atoms in total. The molecule has 0 aliphatic carbocycles. The van der Waals surface area contributed by atoms with Crippen LogP contribution in [0.1, 0.15) is 10.4 Å². The van der Waals surface area contributed by atoms with Crippen molar-refractivity contribution < 1.29 is 9.53 Å². The molecule has 2 aromatic carbocycles. The molecule has 0 aromatic heterocycles. The molecule has 0 amide bonds. The lowest BCUT2D eigenvalue weighted by Gasteiger charge is -2.07. The Bertz CT molecular complexity index is 567. The van der Waals surface area contributed by atoms with Gasteiger partial charge in [-0.15, -0.1) is 0 Å². The number of anilines is 1. The zero-order chi connectivity index (χ0) is 13.7. The van der Waals surface area contributed by atoms with Gasteiger partial charge in [-0.3, -0.25) is 4.79 Å². The Morgan fingerprint density at radius 2 is 1.95 bits per heavy atom. The highest BCUT2D eigenvalue weighted by molar-refractivity contribution is 9.10. The van der Waals surface area contributed by atoms with E-state index in [9.17, 15) is 4.79 Å². The number of ketones is 1. The van der Waals surface area contributed by atoms with Gasteiger partial charge in [0, 0.05) is 15.7 Å². The minimum Gasteiger partial charge on any atom is -0.497 e. The van der Waals surface area contributed by atoms with Crippen molar-refractivity contribution in [2.24, 2.45) is 0 Å². The fraction of sp³-hybridized carbons (Fsp3) is 0.133. The van der Waals surface area contributed by atoms with E-state index in [2.05, 4.69) is 21.2 Å². The van der Waals surface area contributed by atoms with Crippen LogP contribution in [0.5, 0.6) is 5.75 Å². The average Bonchev–Trinajstić information content (AvgIpc) is 2.46. The number of rotatable bonds is 5. The molecule has 1 N–H and O–H groups in total. The Morgan fingerprint density at radius 3 is 2.63 bits per heavy atom. The molecular weight excluding hydrogens is 306 g/mol. The molecule has 0 aliphatic heterocycles. The molecular formula is C15H14BrNO2. The van der Waals surface area contributed by atoms with Gasteiger partial charge in [0.05, 0.1) is 13.7 Å². The summed E-state index contributed by atoms with van der Waals surface area (Å²) in [6, 6.07) is 14.9. The van der Waals surface area contributed by atoms with Crippen molar-refractivity contribution in [3.63, 3.8) is 0 Å². The van der Waals surface area contributed by atoms with Gasteiger partial charge in [0.2, 0.25) is 0 Å². The van der Waals surface area contributed by atoms with E-state index in [0.29, 0.717) is 11.3 Å². The fourth-order valence-corrected chi connectivity index (χ4v) is 1.91. The molecule has 0 atom stereocenters. The van der Waals surface area contributed by atoms with Crippen molar-refractivity contribution >= 4 is 27.4 Å². The topological polar surface area (TPSA) is 38.3 Å². The Labute approximate surface area is 120 Å². The summed E-state index contributed by atoms with van der Waals surface area (Å²) < 4.78 is 6.11. The van der Waals surface area contributed by atoms with E-state index in [-0.39, 0.29) is 12.3 Å². The average molecular weight is 320 g/mol. The zero-order valence-electron chi connectivity index (χ0n) is 10.5. The molecule has 2 aromatic rings. The third-order valence-electron chi connectivity index (χ3n) is 2.69. The first-order chi connectivity index (χ1) is 9.19. The Balaban J connectivity index is 1.99. The Morgan fingerprint density at radius 1 is 1.21 bits per heavy atom. The van der Waals surface area contributed by atoms with Crippen molar-refractivity contribution in [1.29, 1.82) is 0 Å². The molecule has 19 heavy (non-hydrogen) atoms. The van der Waals surface area contributed by atoms with Crippen molar-refractivity contribution in [1.82, 2.24) is 0 Å². The zero-order valence-corrected chi connectivity index (χ0v) is 12.1. The first-order valence-corrected chi connectivity index (χ1v) is 6.65. The molecule has 0 heterocycles. The minimum absolute atomic E-state index is 0.0295. The molecule has 0 aliphatic rings. The van der Waals surface area contributed by atoms with Crippen LogP contribution in [0.15, 0.2) is 53.0 Å². The van der Waals surface area contributed by atoms with Crippen LogP contribution in [0.3, 0.4) is 0 Å². The molecule has 0 unspecified atom stereocenters. The van der Waals surface area contributed by atoms with E-state index in [1.54, 1.807) is 19.2 Å². The monoisotopic (exact) mass is 319 g/mol. The number of benzene rings is 2. The summed E-state index contributed by atoms with van der Waals surface area (Å²) in [5, 5.41) is 3.10. The number of nitrogens with one attached hydrogen (secondary N) is 1. The van der Waals surface area contributed by atoms with Crippen LogP contribution in [-0.4, -0.2) is 19.4 Å². The molecule has 0 saturated heterocycles. The lowest BCUT2D eigenvalue weighted by atomic mass is 10.1. The molecule has 0 saturated carbocycles. The maximum atomic E-state index is 12.0. The van der Waals surface area contributed by atoms with E-state index in [0.717, 1.165) is 10.2 Å². The molecule has 0 bridgehead atoms. The third-order valence-corrected chi connectivity index (χ3v) is 3.22. The smallest absolute Gasteiger partial charge is 0.181 e. The molecule has 0 spiro atoms. The first kappa shape index (κ1) is 13.6. The lowest BCUT2D eigenvalue weighted by Crippen LogP contribution is -2.13. The van der Waals surface area contributed by atoms with Crippen LogP contribution >= 0.6 is 15.9 Å². The minimum atomic E-state index is 0.0295. The maximum Gasteiger partial charge on any atom is 0.181 e. The molecule has 2 rings (SSSR count). The number of methoxy groups -OCH3 is 1. The summed E-state index contributed by atoms with van der Waals surface area (Å²) in [5.41, 5.74) is 1.56. The van der Waals surface area contributed by atoms with Crippen LogP contribution < -0.4 is 10.1 Å². The van der Waals surface area contributed by atoms with Gasteiger partial charge in [-0.2, -0.15) is 0 Å². The van der Waals surface area contributed by atoms with Crippen molar-refractivity contribution in [3.05, 3.63) is 58.6 Å². The maximum absolute atomic E-state index is 12.0. The van der Waals surface area contributed by atoms with Crippen LogP contribution in [0.25, 0.3) is 0 Å². The number of halogens is 1. The van der Waals surface area contributed by atoms with Gasteiger partial charge in [-0.05, 0) is 36.4 Å². The first-order valence-electron chi connectivity index (χ1n) is 5.86. The summed E-state index contributed by atoms with van der Waals surface area (Å²) in [6.07, 6.45) is 0. The van der Waals surface area contributed by atoms with Crippen molar-refractivity contribution in [2.45, 2.75) is 0 Å². The summed E-state index contributed by atoms with van der Waals surface area (Å²) >= 11 is 3.37. The predicted octanol–water partition coefficient (Wildman–Crippen LogP) is 3.75. The van der Waals surface area contributed by atoms with Crippen LogP contribution in [0.4, 0.5) is 5.69 Å². The summed E-state index contributed by atoms with van der Waals surface area (Å²) in [5.74, 6) is 0.719. The van der Waals surface area contributed by atoms with E-state index >= 15 is 0 Å². The third kappa shape index (κ3) is 3.83. The largest absolute Gasteiger partial charge is 0.497 e. The molecule has 0 fully saturated rings. The lowest BCUT2D eigenvalue weighted by molar-refractivity contribution is 0.101. The van der Waals surface area contributed by atoms with Gasteiger partial charge < -0.3 is 10.1 Å². The van der Waals surface area contributed by atoms with Gasteiger partial charge in [-0.25, -0.2) is 0 Å². The van der Waals surface area contributed by atoms with Crippen LogP contribution in [-0.2, 0) is 0 Å². The summed E-state index contributed by atoms with van der Waals surface area (Å²) in [7, 11) is 1.59. The van der Waals surface area contributed by atoms with E-state index in [1.165, 1.54) is 0 Å². The number of ether oxygens (including phenoxy) is 1. The molecule has 4 heteroatoms. The standard InChI is InChI=1S/C15H14BrNO2/c1-19-14-4-2-3-11(9-14)15(18)10-17-13-7-5-12(16)6-8-13/h2-9,17H,10H2,1H3. The summed E-state index contributed by atoms with van der Waals surface area (Å²) in [6.45, 7) is 0.259. The second kappa shape index (κ2) is 6.38. The second-order valence-electron chi connectivity index (χ2n) is 4.02. The Kier molecular flexibility index (Phi) is 4.58. The molecule has 0 radical (unpaired) electrons. The van der Waals surface area contributed by atoms with Crippen LogP contribution in [0, 0.1) is 0 Å². The van der Waals surface area contributed by atoms with E-state index < -0.39 is 0 Å². The van der Waals surface area contributed by atoms with Gasteiger partial charge >= 0.3 is 0 Å². The summed E-state index contributed by atoms with van der Waals surface area (Å²) in [4.78, 5) is 12.0.